The van der Waals surface area contributed by atoms with Crippen LogP contribution in [-0.4, -0.2) is 54.0 Å². The van der Waals surface area contributed by atoms with Crippen molar-refractivity contribution in [2.75, 3.05) is 36.4 Å². The van der Waals surface area contributed by atoms with Crippen LogP contribution < -0.4 is 15.5 Å². The monoisotopic (exact) mass is 499 g/mol. The maximum absolute atomic E-state index is 12.8. The van der Waals surface area contributed by atoms with Gasteiger partial charge in [-0.1, -0.05) is 35.2 Å². The molecule has 2 heterocycles. The lowest BCUT2D eigenvalue weighted by Crippen LogP contribution is -2.39. The second kappa shape index (κ2) is 10.8. The second-order valence-corrected chi connectivity index (χ2v) is 9.39. The molecule has 1 aliphatic heterocycles. The van der Waals surface area contributed by atoms with E-state index in [1.807, 2.05) is 41.3 Å². The Morgan fingerprint density at radius 1 is 0.906 bits per heavy atom. The lowest BCUT2D eigenvalue weighted by molar-refractivity contribution is 0.0767. The van der Waals surface area contributed by atoms with Crippen LogP contribution in [0.5, 0.6) is 0 Å². The highest BCUT2D eigenvalue weighted by molar-refractivity contribution is 9.10. The molecule has 0 spiro atoms. The number of hydrogen-bond donors (Lipinski definition) is 2. The molecule has 4 rings (SSSR count). The molecule has 170 valence electrons. The number of carbonyl (C=O) groups excluding carboxylic acids is 2. The molecule has 8 heteroatoms. The Morgan fingerprint density at radius 2 is 1.69 bits per heavy atom. The SMILES string of the molecule is O=C(Nc1ccc(N2CCCN(C(=O)c3ccc(Br)cc3)CC2)nc1)NC1CCCCC1. The van der Waals surface area contributed by atoms with Crippen LogP contribution in [-0.2, 0) is 0 Å². The van der Waals surface area contributed by atoms with Crippen LogP contribution in [0.3, 0.4) is 0 Å². The summed E-state index contributed by atoms with van der Waals surface area (Å²) in [6.45, 7) is 2.95. The van der Waals surface area contributed by atoms with Crippen LogP contribution in [0.15, 0.2) is 47.1 Å². The summed E-state index contributed by atoms with van der Waals surface area (Å²) in [5.74, 6) is 0.928. The molecule has 32 heavy (non-hydrogen) atoms. The molecule has 1 aliphatic carbocycles. The van der Waals surface area contributed by atoms with E-state index in [9.17, 15) is 9.59 Å². The second-order valence-electron chi connectivity index (χ2n) is 8.48. The normalized spacial score (nSPS) is 17.5. The van der Waals surface area contributed by atoms with Gasteiger partial charge in [0.15, 0.2) is 0 Å². The minimum absolute atomic E-state index is 0.0656. The number of hydrogen-bond acceptors (Lipinski definition) is 4. The fourth-order valence-electron chi connectivity index (χ4n) is 4.37. The number of rotatable bonds is 4. The Kier molecular flexibility index (Phi) is 7.63. The first-order chi connectivity index (χ1) is 15.6. The van der Waals surface area contributed by atoms with Gasteiger partial charge in [-0.05, 0) is 55.7 Å². The summed E-state index contributed by atoms with van der Waals surface area (Å²) in [5.41, 5.74) is 1.39. The number of pyridine rings is 1. The zero-order chi connectivity index (χ0) is 22.3. The van der Waals surface area contributed by atoms with E-state index < -0.39 is 0 Å². The Hall–Kier alpha value is -2.61. The minimum Gasteiger partial charge on any atom is -0.355 e. The molecule has 2 N–H and O–H groups in total. The van der Waals surface area contributed by atoms with Crippen LogP contribution in [0.2, 0.25) is 0 Å². The summed E-state index contributed by atoms with van der Waals surface area (Å²) in [5, 5.41) is 5.95. The Morgan fingerprint density at radius 3 is 2.41 bits per heavy atom. The average molecular weight is 500 g/mol. The zero-order valence-corrected chi connectivity index (χ0v) is 19.8. The maximum Gasteiger partial charge on any atom is 0.319 e. The third-order valence-electron chi connectivity index (χ3n) is 6.14. The molecule has 1 saturated heterocycles. The molecule has 0 bridgehead atoms. The van der Waals surface area contributed by atoms with Gasteiger partial charge in [0.05, 0.1) is 11.9 Å². The third kappa shape index (κ3) is 6.00. The number of nitrogens with zero attached hydrogens (tertiary/aromatic N) is 3. The van der Waals surface area contributed by atoms with Gasteiger partial charge in [0.1, 0.15) is 5.82 Å². The minimum atomic E-state index is -0.164. The van der Waals surface area contributed by atoms with Crippen molar-refractivity contribution in [3.05, 3.63) is 52.6 Å². The standard InChI is InChI=1S/C24H30BrN5O2/c25-19-9-7-18(8-10-19)23(31)30-14-4-13-29(15-16-30)22-12-11-21(17-26-22)28-24(32)27-20-5-2-1-3-6-20/h7-12,17,20H,1-6,13-16H2,(H2,27,28,32). The highest BCUT2D eigenvalue weighted by Crippen LogP contribution is 2.20. The number of benzene rings is 1. The van der Waals surface area contributed by atoms with E-state index in [1.54, 1.807) is 6.20 Å². The summed E-state index contributed by atoms with van der Waals surface area (Å²) in [7, 11) is 0. The first-order valence-electron chi connectivity index (χ1n) is 11.4. The van der Waals surface area contributed by atoms with Crippen LogP contribution in [0.25, 0.3) is 0 Å². The van der Waals surface area contributed by atoms with Gasteiger partial charge in [0.25, 0.3) is 5.91 Å². The van der Waals surface area contributed by atoms with Crippen molar-refractivity contribution >= 4 is 39.4 Å². The van der Waals surface area contributed by atoms with E-state index in [1.165, 1.54) is 19.3 Å². The number of anilines is 2. The Bertz CT molecular complexity index is 913. The van der Waals surface area contributed by atoms with Crippen LogP contribution in [0.1, 0.15) is 48.9 Å². The lowest BCUT2D eigenvalue weighted by atomic mass is 9.96. The summed E-state index contributed by atoms with van der Waals surface area (Å²) in [4.78, 5) is 33.7. The van der Waals surface area contributed by atoms with Crippen molar-refractivity contribution in [1.29, 1.82) is 0 Å². The van der Waals surface area contributed by atoms with Crippen molar-refractivity contribution in [1.82, 2.24) is 15.2 Å². The maximum atomic E-state index is 12.8. The van der Waals surface area contributed by atoms with E-state index in [4.69, 9.17) is 0 Å². The molecule has 2 aromatic rings. The van der Waals surface area contributed by atoms with Gasteiger partial charge >= 0.3 is 6.03 Å². The average Bonchev–Trinajstić information content (AvgIpc) is 3.07. The van der Waals surface area contributed by atoms with E-state index in [0.29, 0.717) is 17.8 Å². The largest absolute Gasteiger partial charge is 0.355 e. The van der Waals surface area contributed by atoms with Gasteiger partial charge in [-0.2, -0.15) is 0 Å². The van der Waals surface area contributed by atoms with Gasteiger partial charge in [0.2, 0.25) is 0 Å². The fraction of sp³-hybridized carbons (Fsp3) is 0.458. The van der Waals surface area contributed by atoms with Crippen molar-refractivity contribution in [2.24, 2.45) is 0 Å². The van der Waals surface area contributed by atoms with Crippen LogP contribution in [0, 0.1) is 0 Å². The Labute approximate surface area is 197 Å². The predicted octanol–water partition coefficient (Wildman–Crippen LogP) is 4.65. The summed E-state index contributed by atoms with van der Waals surface area (Å²) in [6, 6.07) is 11.4. The molecule has 2 fully saturated rings. The third-order valence-corrected chi connectivity index (χ3v) is 6.67. The van der Waals surface area contributed by atoms with Gasteiger partial charge in [0, 0.05) is 42.3 Å². The first-order valence-corrected chi connectivity index (χ1v) is 12.2. The molecule has 0 radical (unpaired) electrons. The van der Waals surface area contributed by atoms with Crippen molar-refractivity contribution in [2.45, 2.75) is 44.6 Å². The van der Waals surface area contributed by atoms with Crippen LogP contribution in [0.4, 0.5) is 16.3 Å². The summed E-state index contributed by atoms with van der Waals surface area (Å²) in [6.07, 6.45) is 8.32. The van der Waals surface area contributed by atoms with E-state index in [-0.39, 0.29) is 18.0 Å². The molecule has 0 unspecified atom stereocenters. The van der Waals surface area contributed by atoms with Crippen LogP contribution >= 0.6 is 15.9 Å². The fourth-order valence-corrected chi connectivity index (χ4v) is 4.64. The van der Waals surface area contributed by atoms with Gasteiger partial charge in [-0.25, -0.2) is 9.78 Å². The number of aromatic nitrogens is 1. The van der Waals surface area contributed by atoms with E-state index >= 15 is 0 Å². The number of carbonyl (C=O) groups is 2. The molecule has 2 aliphatic rings. The topological polar surface area (TPSA) is 77.6 Å². The lowest BCUT2D eigenvalue weighted by Gasteiger charge is -2.24. The smallest absolute Gasteiger partial charge is 0.319 e. The van der Waals surface area contributed by atoms with Gasteiger partial charge in [-0.15, -0.1) is 0 Å². The van der Waals surface area contributed by atoms with Crippen molar-refractivity contribution < 1.29 is 9.59 Å². The molecular formula is C24H30BrN5O2. The van der Waals surface area contributed by atoms with Crippen molar-refractivity contribution in [3.8, 4) is 0 Å². The first kappa shape index (κ1) is 22.6. The predicted molar refractivity (Wildman–Crippen MR) is 130 cm³/mol. The molecule has 1 saturated carbocycles. The van der Waals surface area contributed by atoms with E-state index in [2.05, 4.69) is 36.4 Å². The number of nitrogens with one attached hydrogen (secondary N) is 2. The molecule has 1 aromatic heterocycles. The number of urea groups is 1. The number of amides is 3. The summed E-state index contributed by atoms with van der Waals surface area (Å²) < 4.78 is 0.964. The molecule has 3 amide bonds. The Balaban J connectivity index is 1.29. The molecular weight excluding hydrogens is 470 g/mol. The van der Waals surface area contributed by atoms with Gasteiger partial charge in [-0.3, -0.25) is 4.79 Å². The van der Waals surface area contributed by atoms with Gasteiger partial charge < -0.3 is 20.4 Å². The molecule has 0 atom stereocenters. The highest BCUT2D eigenvalue weighted by atomic mass is 79.9. The molecule has 7 nitrogen and oxygen atoms in total. The van der Waals surface area contributed by atoms with E-state index in [0.717, 1.165) is 49.2 Å². The van der Waals surface area contributed by atoms with Crippen molar-refractivity contribution in [3.63, 3.8) is 0 Å². The highest BCUT2D eigenvalue weighted by Gasteiger charge is 2.21. The quantitative estimate of drug-likeness (QED) is 0.641. The summed E-state index contributed by atoms with van der Waals surface area (Å²) >= 11 is 3.41. The molecule has 1 aromatic carbocycles. The zero-order valence-electron chi connectivity index (χ0n) is 18.2. The number of halogens is 1.